The number of aromatic amines is 1. The summed E-state index contributed by atoms with van der Waals surface area (Å²) in [7, 11) is 0. The summed E-state index contributed by atoms with van der Waals surface area (Å²) in [6.45, 7) is 5.13. The topological polar surface area (TPSA) is 41.2 Å². The lowest BCUT2D eigenvalue weighted by atomic mass is 10.1. The second-order valence-electron chi connectivity index (χ2n) is 6.20. The van der Waals surface area contributed by atoms with E-state index in [1.165, 1.54) is 12.1 Å². The fraction of sp³-hybridized carbons (Fsp3) is 0.500. The summed E-state index contributed by atoms with van der Waals surface area (Å²) in [5.41, 5.74) is 1.96. The molecule has 0 aliphatic carbocycles. The summed E-state index contributed by atoms with van der Waals surface area (Å²) in [6.07, 6.45) is 3.13. The van der Waals surface area contributed by atoms with Crippen LogP contribution in [0.15, 0.2) is 24.3 Å². The van der Waals surface area contributed by atoms with Crippen LogP contribution in [0.1, 0.15) is 43.0 Å². The number of H-pyrrole nitrogens is 1. The monoisotopic (exact) mass is 351 g/mol. The Kier molecular flexibility index (Phi) is 5.87. The van der Waals surface area contributed by atoms with Crippen molar-refractivity contribution < 1.29 is 9.13 Å². The summed E-state index contributed by atoms with van der Waals surface area (Å²) >= 11 is 6.27. The van der Waals surface area contributed by atoms with E-state index in [0.29, 0.717) is 11.8 Å². The van der Waals surface area contributed by atoms with E-state index >= 15 is 0 Å². The molecule has 0 unspecified atom stereocenters. The van der Waals surface area contributed by atoms with Gasteiger partial charge in [0.15, 0.2) is 5.15 Å². The van der Waals surface area contributed by atoms with E-state index in [1.807, 2.05) is 0 Å². The second kappa shape index (κ2) is 8.10. The van der Waals surface area contributed by atoms with Crippen LogP contribution in [-0.4, -0.2) is 34.6 Å². The first-order chi connectivity index (χ1) is 11.7. The van der Waals surface area contributed by atoms with Gasteiger partial charge in [0.05, 0.1) is 18.4 Å². The van der Waals surface area contributed by atoms with Gasteiger partial charge >= 0.3 is 0 Å². The van der Waals surface area contributed by atoms with Crippen molar-refractivity contribution in [3.63, 3.8) is 0 Å². The van der Waals surface area contributed by atoms with Crippen molar-refractivity contribution >= 4 is 11.6 Å². The third-order valence-corrected chi connectivity index (χ3v) is 4.63. The lowest BCUT2D eigenvalue weighted by Crippen LogP contribution is -2.38. The minimum absolute atomic E-state index is 0.0411. The Morgan fingerprint density at radius 3 is 2.92 bits per heavy atom. The predicted molar refractivity (Wildman–Crippen MR) is 92.6 cm³/mol. The number of aromatic nitrogens is 2. The fourth-order valence-electron chi connectivity index (χ4n) is 2.96. The van der Waals surface area contributed by atoms with Gasteiger partial charge in [-0.15, -0.1) is 0 Å². The zero-order valence-electron chi connectivity index (χ0n) is 13.9. The lowest BCUT2D eigenvalue weighted by molar-refractivity contribution is -0.0332. The van der Waals surface area contributed by atoms with Crippen LogP contribution in [0, 0.1) is 5.82 Å². The number of imidazole rings is 1. The molecule has 1 aliphatic rings. The van der Waals surface area contributed by atoms with Gasteiger partial charge < -0.3 is 9.72 Å². The Bertz CT molecular complexity index is 659. The Hall–Kier alpha value is -1.43. The fourth-order valence-corrected chi connectivity index (χ4v) is 3.16. The molecule has 2 aromatic rings. The normalized spacial score (nSPS) is 18.9. The quantitative estimate of drug-likeness (QED) is 0.851. The molecule has 2 heterocycles. The summed E-state index contributed by atoms with van der Waals surface area (Å²) < 4.78 is 18.9. The molecule has 1 aromatic heterocycles. The molecular weight excluding hydrogens is 329 g/mol. The van der Waals surface area contributed by atoms with Gasteiger partial charge in [-0.3, -0.25) is 4.90 Å². The summed E-state index contributed by atoms with van der Waals surface area (Å²) in [5.74, 6) is 0.732. The molecule has 6 heteroatoms. The van der Waals surface area contributed by atoms with Gasteiger partial charge in [-0.1, -0.05) is 37.1 Å². The molecule has 1 atom stereocenters. The molecule has 1 N–H and O–H groups in total. The van der Waals surface area contributed by atoms with Gasteiger partial charge in [0, 0.05) is 26.1 Å². The SMILES string of the molecule is CCCCc1nc(Cl)c(CN2CCO[C@@H](c3ccc(F)cc3)C2)[nH]1. The molecule has 0 bridgehead atoms. The van der Waals surface area contributed by atoms with Crippen molar-refractivity contribution in [1.29, 1.82) is 0 Å². The van der Waals surface area contributed by atoms with E-state index in [-0.39, 0.29) is 11.9 Å². The van der Waals surface area contributed by atoms with Gasteiger partial charge in [0.1, 0.15) is 11.6 Å². The number of benzene rings is 1. The van der Waals surface area contributed by atoms with E-state index < -0.39 is 0 Å². The smallest absolute Gasteiger partial charge is 0.151 e. The largest absolute Gasteiger partial charge is 0.371 e. The molecule has 1 aliphatic heterocycles. The number of nitrogens with one attached hydrogen (secondary N) is 1. The van der Waals surface area contributed by atoms with Crippen LogP contribution < -0.4 is 0 Å². The average Bonchev–Trinajstić information content (AvgIpc) is 2.93. The highest BCUT2D eigenvalue weighted by Crippen LogP contribution is 2.24. The first-order valence-corrected chi connectivity index (χ1v) is 8.86. The molecular formula is C18H23ClFN3O. The Balaban J connectivity index is 1.63. The summed E-state index contributed by atoms with van der Waals surface area (Å²) in [6, 6.07) is 6.53. The zero-order valence-corrected chi connectivity index (χ0v) is 14.7. The number of morpholine rings is 1. The van der Waals surface area contributed by atoms with Gasteiger partial charge in [0.25, 0.3) is 0 Å². The molecule has 0 radical (unpaired) electrons. The second-order valence-corrected chi connectivity index (χ2v) is 6.56. The number of halogens is 2. The van der Waals surface area contributed by atoms with Crippen LogP contribution in [0.4, 0.5) is 4.39 Å². The summed E-state index contributed by atoms with van der Waals surface area (Å²) in [5, 5.41) is 0.561. The molecule has 0 amide bonds. The maximum Gasteiger partial charge on any atom is 0.151 e. The molecule has 3 rings (SSSR count). The van der Waals surface area contributed by atoms with Gasteiger partial charge in [-0.2, -0.15) is 0 Å². The number of unbranched alkanes of at least 4 members (excludes halogenated alkanes) is 1. The molecule has 0 spiro atoms. The average molecular weight is 352 g/mol. The number of hydrogen-bond acceptors (Lipinski definition) is 3. The van der Waals surface area contributed by atoms with Gasteiger partial charge in [-0.25, -0.2) is 9.37 Å². The molecule has 1 saturated heterocycles. The zero-order chi connectivity index (χ0) is 16.9. The first-order valence-electron chi connectivity index (χ1n) is 8.48. The number of nitrogens with zero attached hydrogens (tertiary/aromatic N) is 2. The van der Waals surface area contributed by atoms with Crippen molar-refractivity contribution in [2.75, 3.05) is 19.7 Å². The van der Waals surface area contributed by atoms with Crippen molar-refractivity contribution in [1.82, 2.24) is 14.9 Å². The number of hydrogen-bond donors (Lipinski definition) is 1. The van der Waals surface area contributed by atoms with Crippen LogP contribution in [0.2, 0.25) is 5.15 Å². The van der Waals surface area contributed by atoms with E-state index in [1.54, 1.807) is 12.1 Å². The van der Waals surface area contributed by atoms with Crippen molar-refractivity contribution in [2.24, 2.45) is 0 Å². The molecule has 1 fully saturated rings. The highest BCUT2D eigenvalue weighted by molar-refractivity contribution is 6.30. The first kappa shape index (κ1) is 17.4. The predicted octanol–water partition coefficient (Wildman–Crippen LogP) is 4.12. The number of rotatable bonds is 6. The third kappa shape index (κ3) is 4.35. The van der Waals surface area contributed by atoms with Gasteiger partial charge in [-0.05, 0) is 24.1 Å². The van der Waals surface area contributed by atoms with Crippen LogP contribution in [0.25, 0.3) is 0 Å². The molecule has 0 saturated carbocycles. The molecule has 4 nitrogen and oxygen atoms in total. The van der Waals surface area contributed by atoms with Crippen molar-refractivity contribution in [3.05, 3.63) is 52.3 Å². The Morgan fingerprint density at radius 2 is 2.17 bits per heavy atom. The lowest BCUT2D eigenvalue weighted by Gasteiger charge is -2.32. The minimum Gasteiger partial charge on any atom is -0.371 e. The summed E-state index contributed by atoms with van der Waals surface area (Å²) in [4.78, 5) is 10.1. The van der Waals surface area contributed by atoms with Crippen molar-refractivity contribution in [2.45, 2.75) is 38.8 Å². The maximum atomic E-state index is 13.1. The van der Waals surface area contributed by atoms with Crippen molar-refractivity contribution in [3.8, 4) is 0 Å². The third-order valence-electron chi connectivity index (χ3n) is 4.32. The van der Waals surface area contributed by atoms with E-state index in [4.69, 9.17) is 16.3 Å². The van der Waals surface area contributed by atoms with E-state index in [0.717, 1.165) is 56.0 Å². The highest BCUT2D eigenvalue weighted by Gasteiger charge is 2.23. The van der Waals surface area contributed by atoms with E-state index in [2.05, 4.69) is 21.8 Å². The minimum atomic E-state index is -0.227. The number of ether oxygens (including phenoxy) is 1. The standard InChI is InChI=1S/C18H23ClFN3O/c1-2-3-4-17-21-15(18(19)22-17)11-23-9-10-24-16(12-23)13-5-7-14(20)8-6-13/h5-8,16H,2-4,9-12H2,1H3,(H,21,22)/t16-/m1/s1. The molecule has 24 heavy (non-hydrogen) atoms. The Morgan fingerprint density at radius 1 is 1.38 bits per heavy atom. The van der Waals surface area contributed by atoms with Crippen LogP contribution >= 0.6 is 11.6 Å². The van der Waals surface area contributed by atoms with E-state index in [9.17, 15) is 4.39 Å². The van der Waals surface area contributed by atoms with Crippen LogP contribution in [-0.2, 0) is 17.7 Å². The van der Waals surface area contributed by atoms with Crippen LogP contribution in [0.5, 0.6) is 0 Å². The Labute approximate surface area is 147 Å². The molecule has 130 valence electrons. The maximum absolute atomic E-state index is 13.1. The number of aryl methyl sites for hydroxylation is 1. The van der Waals surface area contributed by atoms with Gasteiger partial charge in [0.2, 0.25) is 0 Å². The highest BCUT2D eigenvalue weighted by atomic mass is 35.5. The molecule has 1 aromatic carbocycles. The van der Waals surface area contributed by atoms with Crippen LogP contribution in [0.3, 0.4) is 0 Å².